The van der Waals surface area contributed by atoms with Gasteiger partial charge in [0.15, 0.2) is 11.0 Å². The molecule has 0 radical (unpaired) electrons. The van der Waals surface area contributed by atoms with Gasteiger partial charge in [-0.3, -0.25) is 9.36 Å². The Bertz CT molecular complexity index is 2020. The van der Waals surface area contributed by atoms with Crippen molar-refractivity contribution in [1.29, 1.82) is 0 Å². The highest BCUT2D eigenvalue weighted by Crippen LogP contribution is 2.34. The Morgan fingerprint density at radius 1 is 0.949 bits per heavy atom. The lowest BCUT2D eigenvalue weighted by Crippen LogP contribution is -2.11. The summed E-state index contributed by atoms with van der Waals surface area (Å²) < 4.78 is 2.07. The predicted octanol–water partition coefficient (Wildman–Crippen LogP) is 6.98. The van der Waals surface area contributed by atoms with Crippen LogP contribution in [0.5, 0.6) is 0 Å². The molecule has 9 heteroatoms. The highest BCUT2D eigenvalue weighted by atomic mass is 32.2. The van der Waals surface area contributed by atoms with E-state index in [0.29, 0.717) is 17.0 Å². The molecule has 0 fully saturated rings. The van der Waals surface area contributed by atoms with E-state index in [1.54, 1.807) is 0 Å². The molecule has 0 aliphatic heterocycles. The van der Waals surface area contributed by atoms with Crippen molar-refractivity contribution in [3.05, 3.63) is 112 Å². The van der Waals surface area contributed by atoms with Crippen LogP contribution in [-0.2, 0) is 5.75 Å². The fourth-order valence-electron chi connectivity index (χ4n) is 4.82. The summed E-state index contributed by atoms with van der Waals surface area (Å²) in [5.41, 5.74) is 5.93. The summed E-state index contributed by atoms with van der Waals surface area (Å²) in [5, 5.41) is 13.6. The van der Waals surface area contributed by atoms with Crippen molar-refractivity contribution in [2.75, 3.05) is 0 Å². The molecule has 7 aromatic rings. The van der Waals surface area contributed by atoms with Gasteiger partial charge in [0, 0.05) is 39.3 Å². The molecule has 39 heavy (non-hydrogen) atoms. The second kappa shape index (κ2) is 9.68. The number of benzene rings is 3. The Labute approximate surface area is 231 Å². The van der Waals surface area contributed by atoms with Crippen LogP contribution in [-0.4, -0.2) is 29.7 Å². The molecule has 4 heterocycles. The van der Waals surface area contributed by atoms with E-state index in [-0.39, 0.29) is 5.56 Å². The van der Waals surface area contributed by atoms with Crippen LogP contribution in [0.1, 0.15) is 11.4 Å². The molecule has 0 aliphatic carbocycles. The smallest absolute Gasteiger partial charge is 0.260 e. The first kappa shape index (κ1) is 23.6. The van der Waals surface area contributed by atoms with Crippen LogP contribution >= 0.6 is 23.1 Å². The maximum atomic E-state index is 13.1. The predicted molar refractivity (Wildman–Crippen MR) is 159 cm³/mol. The van der Waals surface area contributed by atoms with Crippen LogP contribution in [0.3, 0.4) is 0 Å². The van der Waals surface area contributed by atoms with E-state index < -0.39 is 0 Å². The molecule has 190 valence electrons. The topological polar surface area (TPSA) is 92.2 Å². The molecule has 7 rings (SSSR count). The van der Waals surface area contributed by atoms with Gasteiger partial charge >= 0.3 is 0 Å². The van der Waals surface area contributed by atoms with Crippen LogP contribution in [0.15, 0.2) is 100 Å². The minimum Gasteiger partial charge on any atom is -0.360 e. The van der Waals surface area contributed by atoms with Crippen molar-refractivity contribution in [3.63, 3.8) is 0 Å². The molecule has 2 N–H and O–H groups in total. The zero-order valence-corrected chi connectivity index (χ0v) is 22.5. The van der Waals surface area contributed by atoms with E-state index >= 15 is 0 Å². The Balaban J connectivity index is 1.27. The van der Waals surface area contributed by atoms with E-state index in [9.17, 15) is 4.79 Å². The van der Waals surface area contributed by atoms with Crippen molar-refractivity contribution >= 4 is 44.2 Å². The van der Waals surface area contributed by atoms with Gasteiger partial charge in [0.1, 0.15) is 10.7 Å². The van der Waals surface area contributed by atoms with Crippen molar-refractivity contribution in [1.82, 2.24) is 29.7 Å². The Hall–Kier alpha value is -4.47. The molecule has 0 saturated carbocycles. The molecular weight excluding hydrogens is 525 g/mol. The lowest BCUT2D eigenvalue weighted by atomic mass is 10.1. The van der Waals surface area contributed by atoms with Gasteiger partial charge in [-0.1, -0.05) is 72.4 Å². The maximum absolute atomic E-state index is 13.1. The average Bonchev–Trinajstić information content (AvgIpc) is 3.69. The summed E-state index contributed by atoms with van der Waals surface area (Å²) in [4.78, 5) is 25.0. The number of aromatic amines is 2. The second-order valence-corrected chi connectivity index (χ2v) is 11.0. The van der Waals surface area contributed by atoms with Crippen LogP contribution < -0.4 is 5.56 Å². The molecular formula is C30H22N6OS2. The molecule has 3 aromatic carbocycles. The van der Waals surface area contributed by atoms with Gasteiger partial charge in [0.2, 0.25) is 0 Å². The zero-order valence-electron chi connectivity index (χ0n) is 20.9. The first-order valence-corrected chi connectivity index (χ1v) is 14.3. The monoisotopic (exact) mass is 546 g/mol. The molecule has 0 spiro atoms. The van der Waals surface area contributed by atoms with Gasteiger partial charge in [0.25, 0.3) is 5.56 Å². The van der Waals surface area contributed by atoms with E-state index in [0.717, 1.165) is 54.7 Å². The van der Waals surface area contributed by atoms with Crippen LogP contribution in [0.4, 0.5) is 0 Å². The lowest BCUT2D eigenvalue weighted by molar-refractivity contribution is 0.882. The molecule has 0 atom stereocenters. The summed E-state index contributed by atoms with van der Waals surface area (Å²) in [6.07, 6.45) is 1.98. The normalized spacial score (nSPS) is 11.5. The van der Waals surface area contributed by atoms with Gasteiger partial charge in [-0.2, -0.15) is 0 Å². The van der Waals surface area contributed by atoms with E-state index in [1.165, 1.54) is 23.1 Å². The number of hydrogen-bond acceptors (Lipinski definition) is 6. The molecule has 0 saturated heterocycles. The minimum absolute atomic E-state index is 0.129. The molecule has 7 nitrogen and oxygen atoms in total. The van der Waals surface area contributed by atoms with Crippen molar-refractivity contribution in [3.8, 4) is 28.2 Å². The number of para-hydroxylation sites is 1. The van der Waals surface area contributed by atoms with Crippen molar-refractivity contribution in [2.24, 2.45) is 0 Å². The van der Waals surface area contributed by atoms with Crippen molar-refractivity contribution < 1.29 is 0 Å². The SMILES string of the molecule is Cc1cccc(-n2c(SCc3nc4scc(-c5ccccc5)c4c(=O)[nH]3)nnc2-c2c[nH]c3ccccc23)c1. The average molecular weight is 547 g/mol. The van der Waals surface area contributed by atoms with Gasteiger partial charge in [-0.05, 0) is 36.2 Å². The molecule has 0 bridgehead atoms. The van der Waals surface area contributed by atoms with Gasteiger partial charge in [0.05, 0.1) is 11.1 Å². The summed E-state index contributed by atoms with van der Waals surface area (Å²) >= 11 is 2.98. The highest BCUT2D eigenvalue weighted by molar-refractivity contribution is 7.98. The standard InChI is InChI=1S/C30H22N6OS2/c1-18-8-7-11-20(14-18)36-27(22-15-31-24-13-6-5-12-21(22)24)34-35-30(36)39-17-25-32-28(37)26-23(16-38-29(26)33-25)19-9-3-2-4-10-19/h2-16,31H,17H2,1H3,(H,32,33,37). The van der Waals surface area contributed by atoms with Crippen LogP contribution in [0.2, 0.25) is 0 Å². The van der Waals surface area contributed by atoms with E-state index in [4.69, 9.17) is 4.98 Å². The largest absolute Gasteiger partial charge is 0.360 e. The first-order valence-electron chi connectivity index (χ1n) is 12.4. The van der Waals surface area contributed by atoms with Crippen molar-refractivity contribution in [2.45, 2.75) is 17.8 Å². The number of nitrogens with one attached hydrogen (secondary N) is 2. The quantitative estimate of drug-likeness (QED) is 0.220. The lowest BCUT2D eigenvalue weighted by Gasteiger charge is -2.11. The fourth-order valence-corrected chi connectivity index (χ4v) is 6.61. The van der Waals surface area contributed by atoms with E-state index in [1.807, 2.05) is 66.2 Å². The Morgan fingerprint density at radius 3 is 2.67 bits per heavy atom. The van der Waals surface area contributed by atoms with Crippen LogP contribution in [0.25, 0.3) is 49.3 Å². The number of thioether (sulfide) groups is 1. The zero-order chi connectivity index (χ0) is 26.3. The molecule has 0 amide bonds. The number of rotatable bonds is 6. The summed E-state index contributed by atoms with van der Waals surface area (Å²) in [6.45, 7) is 2.07. The molecule has 0 unspecified atom stereocenters. The number of aryl methyl sites for hydroxylation is 1. The Morgan fingerprint density at radius 2 is 1.79 bits per heavy atom. The van der Waals surface area contributed by atoms with Crippen LogP contribution in [0, 0.1) is 6.92 Å². The molecule has 4 aromatic heterocycles. The number of H-pyrrole nitrogens is 2. The summed E-state index contributed by atoms with van der Waals surface area (Å²) in [5.74, 6) is 1.80. The third-order valence-electron chi connectivity index (χ3n) is 6.64. The maximum Gasteiger partial charge on any atom is 0.260 e. The number of hydrogen-bond donors (Lipinski definition) is 2. The van der Waals surface area contributed by atoms with Gasteiger partial charge < -0.3 is 9.97 Å². The number of nitrogens with zero attached hydrogens (tertiary/aromatic N) is 4. The highest BCUT2D eigenvalue weighted by Gasteiger charge is 2.20. The molecule has 0 aliphatic rings. The summed E-state index contributed by atoms with van der Waals surface area (Å²) in [7, 11) is 0. The fraction of sp³-hybridized carbons (Fsp3) is 0.0667. The minimum atomic E-state index is -0.129. The number of fused-ring (bicyclic) bond motifs is 2. The second-order valence-electron chi connectivity index (χ2n) is 9.23. The Kier molecular flexibility index (Phi) is 5.87. The number of aromatic nitrogens is 6. The number of thiophene rings is 1. The third kappa shape index (κ3) is 4.25. The summed E-state index contributed by atoms with van der Waals surface area (Å²) in [6, 6.07) is 26.4. The van der Waals surface area contributed by atoms with Gasteiger partial charge in [-0.25, -0.2) is 4.98 Å². The van der Waals surface area contributed by atoms with E-state index in [2.05, 4.69) is 55.9 Å². The third-order valence-corrected chi connectivity index (χ3v) is 8.45. The van der Waals surface area contributed by atoms with Gasteiger partial charge in [-0.15, -0.1) is 21.5 Å². The first-order chi connectivity index (χ1) is 19.2.